The Morgan fingerprint density at radius 2 is 1.93 bits per heavy atom. The molecule has 0 N–H and O–H groups in total. The summed E-state index contributed by atoms with van der Waals surface area (Å²) in [5.41, 5.74) is 7.91. The van der Waals surface area contributed by atoms with Gasteiger partial charge in [0.2, 0.25) is 0 Å². The molecule has 7 heteroatoms. The van der Waals surface area contributed by atoms with Gasteiger partial charge >= 0.3 is 0 Å². The van der Waals surface area contributed by atoms with E-state index in [0.29, 0.717) is 6.42 Å². The van der Waals surface area contributed by atoms with E-state index in [9.17, 15) is 0 Å². The van der Waals surface area contributed by atoms with Gasteiger partial charge in [-0.2, -0.15) is 10.4 Å². The number of pyridine rings is 1. The molecule has 0 fully saturated rings. The largest absolute Gasteiger partial charge is 0.332 e. The van der Waals surface area contributed by atoms with Crippen LogP contribution in [-0.4, -0.2) is 24.3 Å². The van der Waals surface area contributed by atoms with Crippen molar-refractivity contribution < 1.29 is 0 Å². The van der Waals surface area contributed by atoms with Crippen LogP contribution in [0.5, 0.6) is 0 Å². The molecule has 0 atom stereocenters. The van der Waals surface area contributed by atoms with Gasteiger partial charge in [0.05, 0.1) is 35.5 Å². The Bertz CT molecular complexity index is 1230. The average molecular weight is 510 g/mol. The van der Waals surface area contributed by atoms with E-state index in [1.165, 1.54) is 27.8 Å². The van der Waals surface area contributed by atoms with Crippen LogP contribution >= 0.6 is 22.6 Å². The van der Waals surface area contributed by atoms with Crippen LogP contribution in [0.25, 0.3) is 22.3 Å². The molecule has 0 bridgehead atoms. The third kappa shape index (κ3) is 4.10. The Hall–Kier alpha value is -2.73. The van der Waals surface area contributed by atoms with E-state index in [1.54, 1.807) is 6.33 Å². The second-order valence-electron chi connectivity index (χ2n) is 7.43. The van der Waals surface area contributed by atoms with E-state index in [-0.39, 0.29) is 0 Å². The van der Waals surface area contributed by atoms with E-state index < -0.39 is 0 Å². The molecule has 0 saturated heterocycles. The minimum atomic E-state index is 0.528. The lowest BCUT2D eigenvalue weighted by Crippen LogP contribution is -2.03. The lowest BCUT2D eigenvalue weighted by molar-refractivity contribution is 0.704. The van der Waals surface area contributed by atoms with Gasteiger partial charge in [-0.3, -0.25) is 4.68 Å². The van der Waals surface area contributed by atoms with Crippen LogP contribution in [0.1, 0.15) is 28.8 Å². The number of aromatic nitrogens is 5. The van der Waals surface area contributed by atoms with Gasteiger partial charge in [0.1, 0.15) is 0 Å². The fourth-order valence-corrected chi connectivity index (χ4v) is 4.54. The first-order valence-electron chi connectivity index (χ1n) is 9.92. The van der Waals surface area contributed by atoms with Crippen LogP contribution < -0.4 is 0 Å². The van der Waals surface area contributed by atoms with Crippen molar-refractivity contribution in [3.8, 4) is 17.5 Å². The van der Waals surface area contributed by atoms with Gasteiger partial charge in [-0.15, -0.1) is 0 Å². The predicted molar refractivity (Wildman–Crippen MR) is 126 cm³/mol. The summed E-state index contributed by atoms with van der Waals surface area (Å²) in [6, 6.07) is 11.0. The van der Waals surface area contributed by atoms with E-state index >= 15 is 0 Å². The van der Waals surface area contributed by atoms with Gasteiger partial charge < -0.3 is 4.57 Å². The molecule has 0 unspecified atom stereocenters. The van der Waals surface area contributed by atoms with E-state index in [2.05, 4.69) is 63.0 Å². The van der Waals surface area contributed by atoms with Crippen LogP contribution in [0.3, 0.4) is 0 Å². The topological polar surface area (TPSA) is 72.3 Å². The van der Waals surface area contributed by atoms with E-state index in [4.69, 9.17) is 10.2 Å². The molecule has 0 aliphatic carbocycles. The highest BCUT2D eigenvalue weighted by Gasteiger charge is 2.14. The number of rotatable bonds is 7. The zero-order valence-electron chi connectivity index (χ0n) is 17.1. The zero-order valence-corrected chi connectivity index (χ0v) is 19.3. The molecule has 1 aromatic carbocycles. The SMILES string of the molecule is Cn1cncc1-c1cc(CCc2ccnn2C)c2cc(CCC#N)c(CI)cc2n1. The van der Waals surface area contributed by atoms with Crippen molar-refractivity contribution in [1.29, 1.82) is 5.26 Å². The highest BCUT2D eigenvalue weighted by molar-refractivity contribution is 14.1. The summed E-state index contributed by atoms with van der Waals surface area (Å²) >= 11 is 2.39. The van der Waals surface area contributed by atoms with Crippen molar-refractivity contribution in [2.45, 2.75) is 30.1 Å². The lowest BCUT2D eigenvalue weighted by Gasteiger charge is -2.14. The summed E-state index contributed by atoms with van der Waals surface area (Å²) in [7, 11) is 3.97. The lowest BCUT2D eigenvalue weighted by atomic mass is 9.95. The highest BCUT2D eigenvalue weighted by atomic mass is 127. The molecule has 0 aliphatic heterocycles. The Kier molecular flexibility index (Phi) is 6.13. The van der Waals surface area contributed by atoms with Crippen molar-refractivity contribution in [3.05, 3.63) is 65.4 Å². The quantitative estimate of drug-likeness (QED) is 0.270. The maximum absolute atomic E-state index is 9.06. The standard InChI is InChI=1S/C23H23IN6/c1-29-15-26-14-23(29)22-11-17(5-6-19-7-9-27-30(19)2)20-10-16(4-3-8-25)18(13-24)12-21(20)28-22/h7,9-12,14-15H,3-6,13H2,1-2H3. The molecular formula is C23H23IN6. The number of aryl methyl sites for hydroxylation is 5. The van der Waals surface area contributed by atoms with Gasteiger partial charge in [0.15, 0.2) is 0 Å². The van der Waals surface area contributed by atoms with Gasteiger partial charge in [-0.25, -0.2) is 9.97 Å². The molecule has 0 aliphatic rings. The first-order valence-corrected chi connectivity index (χ1v) is 11.4. The number of imidazole rings is 1. The summed E-state index contributed by atoms with van der Waals surface area (Å²) in [4.78, 5) is 9.25. The molecule has 152 valence electrons. The number of alkyl halides is 1. The third-order valence-electron chi connectivity index (χ3n) is 5.52. The fraction of sp³-hybridized carbons (Fsp3) is 0.304. The predicted octanol–water partition coefficient (Wildman–Crippen LogP) is 4.55. The van der Waals surface area contributed by atoms with Crippen molar-refractivity contribution in [2.24, 2.45) is 14.1 Å². The van der Waals surface area contributed by atoms with Crippen molar-refractivity contribution in [3.63, 3.8) is 0 Å². The van der Waals surface area contributed by atoms with Gasteiger partial charge in [0.25, 0.3) is 0 Å². The smallest absolute Gasteiger partial charge is 0.0948 e. The molecule has 0 radical (unpaired) electrons. The van der Waals surface area contributed by atoms with Gasteiger partial charge in [-0.1, -0.05) is 22.6 Å². The maximum Gasteiger partial charge on any atom is 0.0948 e. The first kappa shape index (κ1) is 20.5. The zero-order chi connectivity index (χ0) is 21.1. The Morgan fingerprint density at radius 1 is 1.07 bits per heavy atom. The molecule has 6 nitrogen and oxygen atoms in total. The van der Waals surface area contributed by atoms with Crippen LogP contribution in [0.15, 0.2) is 43.0 Å². The normalized spacial score (nSPS) is 11.1. The number of hydrogen-bond acceptors (Lipinski definition) is 4. The highest BCUT2D eigenvalue weighted by Crippen LogP contribution is 2.29. The summed E-state index contributed by atoms with van der Waals surface area (Å²) in [6.45, 7) is 0. The van der Waals surface area contributed by atoms with E-state index in [0.717, 1.165) is 40.6 Å². The molecule has 0 saturated carbocycles. The molecule has 0 amide bonds. The Balaban J connectivity index is 1.84. The Labute approximate surface area is 189 Å². The number of halogens is 1. The maximum atomic E-state index is 9.06. The minimum absolute atomic E-state index is 0.528. The summed E-state index contributed by atoms with van der Waals surface area (Å²) in [6.07, 6.45) is 8.60. The second kappa shape index (κ2) is 8.96. The van der Waals surface area contributed by atoms with E-state index in [1.807, 2.05) is 35.7 Å². The minimum Gasteiger partial charge on any atom is -0.332 e. The number of fused-ring (bicyclic) bond motifs is 1. The van der Waals surface area contributed by atoms with Crippen LogP contribution in [0.4, 0.5) is 0 Å². The fourth-order valence-electron chi connectivity index (χ4n) is 3.83. The van der Waals surface area contributed by atoms with Crippen LogP contribution in [0, 0.1) is 11.3 Å². The average Bonchev–Trinajstić information content (AvgIpc) is 3.37. The second-order valence-corrected chi connectivity index (χ2v) is 8.20. The number of hydrogen-bond donors (Lipinski definition) is 0. The Morgan fingerprint density at radius 3 is 2.60 bits per heavy atom. The summed E-state index contributed by atoms with van der Waals surface area (Å²) in [5.74, 6) is 0. The molecular weight excluding hydrogens is 487 g/mol. The summed E-state index contributed by atoms with van der Waals surface area (Å²) in [5, 5.41) is 14.5. The summed E-state index contributed by atoms with van der Waals surface area (Å²) < 4.78 is 4.83. The molecule has 4 aromatic rings. The van der Waals surface area contributed by atoms with Gasteiger partial charge in [0, 0.05) is 42.2 Å². The van der Waals surface area contributed by atoms with Gasteiger partial charge in [-0.05, 0) is 60.2 Å². The number of benzene rings is 1. The van der Waals surface area contributed by atoms with Crippen molar-refractivity contribution >= 4 is 33.5 Å². The molecule has 3 heterocycles. The van der Waals surface area contributed by atoms with Crippen LogP contribution in [-0.2, 0) is 37.8 Å². The third-order valence-corrected chi connectivity index (χ3v) is 6.34. The molecule has 3 aromatic heterocycles. The number of nitriles is 1. The number of nitrogens with zero attached hydrogens (tertiary/aromatic N) is 6. The van der Waals surface area contributed by atoms with Crippen molar-refractivity contribution in [2.75, 3.05) is 0 Å². The molecule has 0 spiro atoms. The molecule has 4 rings (SSSR count). The monoisotopic (exact) mass is 510 g/mol. The van der Waals surface area contributed by atoms with Crippen LogP contribution in [0.2, 0.25) is 0 Å². The molecule has 30 heavy (non-hydrogen) atoms. The van der Waals surface area contributed by atoms with Crippen molar-refractivity contribution in [1.82, 2.24) is 24.3 Å². The first-order chi connectivity index (χ1) is 14.6.